The minimum atomic E-state index is -2.19. The van der Waals surface area contributed by atoms with E-state index in [9.17, 15) is 15.0 Å². The Morgan fingerprint density at radius 1 is 0.789 bits per heavy atom. The van der Waals surface area contributed by atoms with Crippen LogP contribution in [0.25, 0.3) is 0 Å². The smallest absolute Gasteiger partial charge is 0.329 e. The molecule has 8 atom stereocenters. The van der Waals surface area contributed by atoms with Gasteiger partial charge in [-0.2, -0.15) is 0 Å². The first-order valence-electron chi connectivity index (χ1n) is 23.3. The second-order valence-electron chi connectivity index (χ2n) is 17.5. The molecule has 71 heavy (non-hydrogen) atoms. The molecule has 2 saturated heterocycles. The number of para-hydroxylation sites is 1. The van der Waals surface area contributed by atoms with Crippen molar-refractivity contribution in [3.63, 3.8) is 0 Å². The number of esters is 1. The van der Waals surface area contributed by atoms with Crippen molar-refractivity contribution in [2.24, 2.45) is 11.7 Å². The van der Waals surface area contributed by atoms with Gasteiger partial charge in [0.2, 0.25) is 11.8 Å². The molecule has 2 fully saturated rings. The normalized spacial score (nSPS) is 22.0. The summed E-state index contributed by atoms with van der Waals surface area (Å²) in [6.45, 7) is 0.854. The molecule has 3 heterocycles. The van der Waals surface area contributed by atoms with Gasteiger partial charge in [0.1, 0.15) is 29.9 Å². The predicted molar refractivity (Wildman–Crippen MR) is 263 cm³/mol. The fourth-order valence-corrected chi connectivity index (χ4v) is 10.4. The highest BCUT2D eigenvalue weighted by Gasteiger charge is 2.76. The number of urea groups is 2. The monoisotopic (exact) mass is 952 g/mol. The number of morpholine rings is 1. The van der Waals surface area contributed by atoms with Gasteiger partial charge < -0.3 is 41.4 Å². The summed E-state index contributed by atoms with van der Waals surface area (Å²) in [6, 6.07) is 42.4. The number of imide groups is 1. The van der Waals surface area contributed by atoms with Gasteiger partial charge in [-0.05, 0) is 59.0 Å². The Morgan fingerprint density at radius 3 is 2.07 bits per heavy atom. The van der Waals surface area contributed by atoms with Crippen LogP contribution < -0.4 is 31.3 Å². The lowest BCUT2D eigenvalue weighted by Crippen LogP contribution is -2.56. The summed E-state index contributed by atoms with van der Waals surface area (Å²) < 4.78 is 12.9. The molecule has 9 rings (SSSR count). The highest BCUT2D eigenvalue weighted by atomic mass is 16.6. The van der Waals surface area contributed by atoms with Gasteiger partial charge >= 0.3 is 18.0 Å². The topological polar surface area (TPSA) is 213 Å². The van der Waals surface area contributed by atoms with Crippen LogP contribution in [-0.2, 0) is 24.5 Å². The molecule has 6 amide bonds. The van der Waals surface area contributed by atoms with E-state index in [1.807, 2.05) is 95.9 Å². The molecule has 0 aromatic heterocycles. The van der Waals surface area contributed by atoms with Crippen molar-refractivity contribution < 1.29 is 43.7 Å². The molecule has 0 aliphatic carbocycles. The number of primary amides is 1. The second-order valence-corrected chi connectivity index (χ2v) is 17.5. The van der Waals surface area contributed by atoms with Crippen molar-refractivity contribution in [1.29, 1.82) is 0 Å². The number of benzene rings is 6. The van der Waals surface area contributed by atoms with E-state index >= 15 is 19.2 Å². The molecule has 360 valence electrons. The Balaban J connectivity index is 1.34. The summed E-state index contributed by atoms with van der Waals surface area (Å²) in [4.78, 5) is 77.7. The molecular formula is C56H52N6O9. The van der Waals surface area contributed by atoms with Gasteiger partial charge in [-0.25, -0.2) is 14.5 Å². The highest BCUT2D eigenvalue weighted by molar-refractivity contribution is 6.24. The average molecular weight is 953 g/mol. The quantitative estimate of drug-likeness (QED) is 0.0582. The van der Waals surface area contributed by atoms with Crippen LogP contribution in [0.4, 0.5) is 15.3 Å². The third kappa shape index (κ3) is 9.07. The first-order valence-corrected chi connectivity index (χ1v) is 23.3. The lowest BCUT2D eigenvalue weighted by Gasteiger charge is -2.46. The van der Waals surface area contributed by atoms with Crippen molar-refractivity contribution in [2.45, 2.75) is 48.7 Å². The Morgan fingerprint density at radius 2 is 1.41 bits per heavy atom. The maximum absolute atomic E-state index is 16.7. The molecule has 15 nitrogen and oxygen atoms in total. The Kier molecular flexibility index (Phi) is 14.0. The molecule has 15 heteroatoms. The van der Waals surface area contributed by atoms with Crippen molar-refractivity contribution in [3.8, 4) is 17.6 Å². The molecule has 3 aliphatic heterocycles. The number of carbonyl (C=O) groups excluding carboxylic acids is 5. The SMILES string of the molecule is CC(NC(=O)N1C(=O)C2(c3cc(C#CCNC(N)=O)ccc31)C(C(=O)NCC(O)c1ccccc1)C1C(=O)OC(c3ccccc3)C(c3ccccc3)N1C2c1ccccc1OCCO)c1ccccc1. The number of nitrogens with two attached hydrogens (primary N) is 1. The van der Waals surface area contributed by atoms with Crippen LogP contribution in [0.15, 0.2) is 164 Å². The molecule has 0 bridgehead atoms. The Bertz CT molecular complexity index is 2990. The summed E-state index contributed by atoms with van der Waals surface area (Å²) >= 11 is 0. The predicted octanol–water partition coefficient (Wildman–Crippen LogP) is 6.06. The average Bonchev–Trinajstić information content (AvgIpc) is 3.85. The number of cyclic esters (lactones) is 1. The molecule has 0 saturated carbocycles. The van der Waals surface area contributed by atoms with Crippen LogP contribution in [0.2, 0.25) is 0 Å². The Labute approximate surface area is 410 Å². The molecule has 3 aliphatic rings. The van der Waals surface area contributed by atoms with Crippen LogP contribution in [0, 0.1) is 17.8 Å². The van der Waals surface area contributed by atoms with Crippen molar-refractivity contribution in [2.75, 3.05) is 31.2 Å². The summed E-state index contributed by atoms with van der Waals surface area (Å²) in [5.74, 6) is 2.07. The number of carbonyl (C=O) groups is 5. The number of nitrogens with zero attached hydrogens (tertiary/aromatic N) is 2. The van der Waals surface area contributed by atoms with Gasteiger partial charge in [0.25, 0.3) is 0 Å². The first kappa shape index (κ1) is 47.8. The molecule has 0 radical (unpaired) electrons. The van der Waals surface area contributed by atoms with Gasteiger partial charge in [0.05, 0.1) is 49.0 Å². The van der Waals surface area contributed by atoms with E-state index in [0.29, 0.717) is 27.8 Å². The number of fused-ring (bicyclic) bond motifs is 3. The zero-order valence-electron chi connectivity index (χ0n) is 38.7. The second kappa shape index (κ2) is 20.7. The van der Waals surface area contributed by atoms with E-state index in [-0.39, 0.29) is 43.3 Å². The van der Waals surface area contributed by atoms with Crippen LogP contribution in [0.1, 0.15) is 76.2 Å². The maximum atomic E-state index is 16.7. The fourth-order valence-electron chi connectivity index (χ4n) is 10.4. The third-order valence-electron chi connectivity index (χ3n) is 13.4. The van der Waals surface area contributed by atoms with Gasteiger partial charge in [0, 0.05) is 17.7 Å². The minimum absolute atomic E-state index is 0.114. The summed E-state index contributed by atoms with van der Waals surface area (Å²) in [5, 5.41) is 30.0. The van der Waals surface area contributed by atoms with Crippen LogP contribution in [0.5, 0.6) is 5.75 Å². The lowest BCUT2D eigenvalue weighted by molar-refractivity contribution is -0.178. The van der Waals surface area contributed by atoms with Crippen LogP contribution >= 0.6 is 0 Å². The number of hydrogen-bond donors (Lipinski definition) is 6. The third-order valence-corrected chi connectivity index (χ3v) is 13.4. The van der Waals surface area contributed by atoms with Crippen LogP contribution in [0.3, 0.4) is 0 Å². The highest BCUT2D eigenvalue weighted by Crippen LogP contribution is 2.66. The zero-order chi connectivity index (χ0) is 49.6. The standard InChI is InChI=1S/C56H52N6O9/c1-35(37-18-6-2-7-19-37)60-55(69)61-43-29-28-36(17-16-30-58-54(57)68)33-42(43)56(53(61)67)46(51(65)59-34-44(64)38-20-8-3-9-21-38)48-52(66)71-49(40-24-12-5-13-25-40)47(39-22-10-4-11-23-39)62(48)50(56)41-26-14-15-27-45(41)70-32-31-63/h2-15,18-29,33,35,44,46-50,63-64H,30-32,34H2,1H3,(H,59,65)(H,60,69)(H3,57,58,68). The van der Waals surface area contributed by atoms with Gasteiger partial charge in [-0.3, -0.25) is 19.3 Å². The summed E-state index contributed by atoms with van der Waals surface area (Å²) in [7, 11) is 0. The van der Waals surface area contributed by atoms with E-state index in [1.165, 1.54) is 0 Å². The first-order chi connectivity index (χ1) is 34.5. The summed E-state index contributed by atoms with van der Waals surface area (Å²) in [5.41, 5.74) is 6.79. The van der Waals surface area contributed by atoms with E-state index in [0.717, 1.165) is 10.5 Å². The summed E-state index contributed by atoms with van der Waals surface area (Å²) in [6.07, 6.45) is -2.19. The van der Waals surface area contributed by atoms with Crippen molar-refractivity contribution in [3.05, 3.63) is 203 Å². The van der Waals surface area contributed by atoms with E-state index < -0.39 is 77.6 Å². The van der Waals surface area contributed by atoms with Gasteiger partial charge in [-0.15, -0.1) is 0 Å². The van der Waals surface area contributed by atoms with E-state index in [4.69, 9.17) is 15.2 Å². The van der Waals surface area contributed by atoms with Crippen LogP contribution in [-0.4, -0.2) is 77.3 Å². The molecule has 8 unspecified atom stereocenters. The molecule has 1 spiro atoms. The number of amides is 6. The van der Waals surface area contributed by atoms with Crippen molar-refractivity contribution in [1.82, 2.24) is 20.9 Å². The molecule has 6 aromatic rings. The largest absolute Gasteiger partial charge is 0.491 e. The lowest BCUT2D eigenvalue weighted by atomic mass is 9.65. The number of anilines is 1. The number of nitrogens with one attached hydrogen (secondary N) is 3. The van der Waals surface area contributed by atoms with Gasteiger partial charge in [0.15, 0.2) is 0 Å². The molecule has 6 aromatic carbocycles. The van der Waals surface area contributed by atoms with E-state index in [1.54, 1.807) is 79.7 Å². The maximum Gasteiger partial charge on any atom is 0.329 e. The van der Waals surface area contributed by atoms with Crippen molar-refractivity contribution >= 4 is 35.5 Å². The molecule has 7 N–H and O–H groups in total. The number of ether oxygens (including phenoxy) is 2. The number of aliphatic hydroxyl groups excluding tert-OH is 2. The number of hydrogen-bond acceptors (Lipinski definition) is 10. The Hall–Kier alpha value is -8.29. The molecular weight excluding hydrogens is 901 g/mol. The van der Waals surface area contributed by atoms with Gasteiger partial charge in [-0.1, -0.05) is 151 Å². The zero-order valence-corrected chi connectivity index (χ0v) is 38.7. The fraction of sp³-hybridized carbons (Fsp3) is 0.232. The number of aliphatic hydroxyl groups is 2. The number of rotatable bonds is 13. The minimum Gasteiger partial charge on any atom is -0.491 e. The van der Waals surface area contributed by atoms with E-state index in [2.05, 4.69) is 27.8 Å².